The Kier molecular flexibility index (Phi) is 5.35. The number of hydrogen-bond acceptors (Lipinski definition) is 4. The monoisotopic (exact) mass is 377 g/mol. The first-order valence-corrected chi connectivity index (χ1v) is 9.89. The number of rotatable bonds is 5. The van der Waals surface area contributed by atoms with E-state index in [1.165, 1.54) is 19.4 Å². The number of amides is 1. The minimum absolute atomic E-state index is 0.0748. The molecule has 1 amide bonds. The van der Waals surface area contributed by atoms with Crippen LogP contribution in [0.1, 0.15) is 24.0 Å². The third-order valence-electron chi connectivity index (χ3n) is 5.48. The predicted molar refractivity (Wildman–Crippen MR) is 114 cm³/mol. The van der Waals surface area contributed by atoms with E-state index in [0.717, 1.165) is 41.4 Å². The zero-order chi connectivity index (χ0) is 19.5. The molecule has 1 unspecified atom stereocenters. The number of fused-ring (bicyclic) bond motifs is 1. The lowest BCUT2D eigenvalue weighted by molar-refractivity contribution is -0.110. The summed E-state index contributed by atoms with van der Waals surface area (Å²) >= 11 is 0. The molecule has 146 valence electrons. The van der Waals surface area contributed by atoms with Gasteiger partial charge in [0.2, 0.25) is 0 Å². The number of likely N-dealkylation sites (tertiary alicyclic amines) is 1. The van der Waals surface area contributed by atoms with Gasteiger partial charge in [-0.2, -0.15) is 0 Å². The first-order chi connectivity index (χ1) is 13.6. The van der Waals surface area contributed by atoms with Crippen LogP contribution in [0.5, 0.6) is 5.75 Å². The summed E-state index contributed by atoms with van der Waals surface area (Å²) in [7, 11) is 2.17. The smallest absolute Gasteiger partial charge is 0.257 e. The minimum atomic E-state index is -0.0748. The summed E-state index contributed by atoms with van der Waals surface area (Å²) in [5.74, 6) is 1.41. The summed E-state index contributed by atoms with van der Waals surface area (Å²) < 4.78 is 5.97. The average molecular weight is 377 g/mol. The van der Waals surface area contributed by atoms with E-state index < -0.39 is 0 Å². The molecule has 1 fully saturated rings. The molecule has 1 atom stereocenters. The third kappa shape index (κ3) is 4.04. The highest BCUT2D eigenvalue weighted by Gasteiger charge is 2.25. The Hall–Kier alpha value is -2.79. The van der Waals surface area contributed by atoms with Crippen molar-refractivity contribution >= 4 is 22.9 Å². The van der Waals surface area contributed by atoms with E-state index in [9.17, 15) is 4.79 Å². The minimum Gasteiger partial charge on any atom is -0.493 e. The van der Waals surface area contributed by atoms with Crippen LogP contribution in [-0.4, -0.2) is 37.6 Å². The Morgan fingerprint density at radius 2 is 2.07 bits per heavy atom. The highest BCUT2D eigenvalue weighted by Crippen LogP contribution is 2.34. The number of aryl methyl sites for hydroxylation is 1. The lowest BCUT2D eigenvalue weighted by atomic mass is 10.00. The summed E-state index contributed by atoms with van der Waals surface area (Å²) in [6.45, 7) is 5.07. The van der Waals surface area contributed by atoms with E-state index >= 15 is 0 Å². The Balaban J connectivity index is 1.38. The van der Waals surface area contributed by atoms with Gasteiger partial charge in [0, 0.05) is 35.6 Å². The van der Waals surface area contributed by atoms with Gasteiger partial charge in [-0.05, 0) is 69.3 Å². The maximum absolute atomic E-state index is 12.3. The second-order valence-corrected chi connectivity index (χ2v) is 7.76. The number of carbonyl (C=O) groups is 1. The Bertz CT molecular complexity index is 889. The maximum atomic E-state index is 12.3. The normalized spacial score (nSPS) is 20.7. The van der Waals surface area contributed by atoms with Gasteiger partial charge in [-0.1, -0.05) is 12.1 Å². The van der Waals surface area contributed by atoms with Crippen LogP contribution in [0.4, 0.5) is 11.4 Å². The zero-order valence-electron chi connectivity index (χ0n) is 16.5. The number of anilines is 2. The molecule has 0 bridgehead atoms. The number of carbonyl (C=O) groups excluding carboxylic acids is 1. The Morgan fingerprint density at radius 1 is 1.25 bits per heavy atom. The molecule has 2 aliphatic rings. The van der Waals surface area contributed by atoms with Crippen LogP contribution in [0.3, 0.4) is 0 Å². The topological polar surface area (TPSA) is 53.6 Å². The molecule has 5 heteroatoms. The van der Waals surface area contributed by atoms with Gasteiger partial charge in [-0.15, -0.1) is 0 Å². The molecule has 0 radical (unpaired) electrons. The van der Waals surface area contributed by atoms with Crippen LogP contribution >= 0.6 is 0 Å². The Morgan fingerprint density at radius 3 is 2.86 bits per heavy atom. The standard InChI is InChI=1S/C23H27N3O2/c1-16-5-3-7-21-22(16)20(23(27)25-21)13-24-18-8-10-19(11-9-18)28-15-17-6-4-12-26(2)14-17/h3,5,7-11,13,17,24H,4,6,12,14-15H2,1-2H3,(H,25,27)/b20-13-. The molecule has 0 aromatic heterocycles. The van der Waals surface area contributed by atoms with Gasteiger partial charge in [0.05, 0.1) is 12.2 Å². The molecule has 28 heavy (non-hydrogen) atoms. The average Bonchev–Trinajstić information content (AvgIpc) is 3.02. The second-order valence-electron chi connectivity index (χ2n) is 7.76. The molecule has 0 saturated carbocycles. The first kappa shape index (κ1) is 18.6. The number of hydrogen-bond donors (Lipinski definition) is 2. The van der Waals surface area contributed by atoms with Crippen molar-refractivity contribution in [2.24, 2.45) is 5.92 Å². The van der Waals surface area contributed by atoms with Crippen LogP contribution in [0, 0.1) is 12.8 Å². The number of ether oxygens (including phenoxy) is 1. The highest BCUT2D eigenvalue weighted by atomic mass is 16.5. The van der Waals surface area contributed by atoms with Gasteiger partial charge >= 0.3 is 0 Å². The fraction of sp³-hybridized carbons (Fsp3) is 0.348. The van der Waals surface area contributed by atoms with Crippen molar-refractivity contribution in [3.05, 3.63) is 59.8 Å². The SMILES string of the molecule is Cc1cccc2c1/C(=C/Nc1ccc(OCC3CCCN(C)C3)cc1)C(=O)N2. The number of nitrogens with zero attached hydrogens (tertiary/aromatic N) is 1. The Labute approximate surface area is 166 Å². The van der Waals surface area contributed by atoms with E-state index in [2.05, 4.69) is 22.6 Å². The van der Waals surface area contributed by atoms with E-state index in [1.54, 1.807) is 6.20 Å². The summed E-state index contributed by atoms with van der Waals surface area (Å²) in [4.78, 5) is 14.6. The number of piperidine rings is 1. The molecule has 2 aliphatic heterocycles. The van der Waals surface area contributed by atoms with Gasteiger partial charge < -0.3 is 20.3 Å². The van der Waals surface area contributed by atoms with Crippen molar-refractivity contribution in [3.8, 4) is 5.75 Å². The summed E-state index contributed by atoms with van der Waals surface area (Å²) in [5.41, 5.74) is 4.51. The van der Waals surface area contributed by atoms with E-state index in [0.29, 0.717) is 11.5 Å². The fourth-order valence-electron chi connectivity index (χ4n) is 4.00. The van der Waals surface area contributed by atoms with Crippen LogP contribution in [0.15, 0.2) is 48.7 Å². The molecule has 2 aromatic carbocycles. The molecule has 0 aliphatic carbocycles. The van der Waals surface area contributed by atoms with Crippen molar-refractivity contribution in [2.45, 2.75) is 19.8 Å². The predicted octanol–water partition coefficient (Wildman–Crippen LogP) is 4.12. The van der Waals surface area contributed by atoms with Crippen molar-refractivity contribution in [1.82, 2.24) is 4.90 Å². The van der Waals surface area contributed by atoms with E-state index in [-0.39, 0.29) is 5.91 Å². The summed E-state index contributed by atoms with van der Waals surface area (Å²) in [6.07, 6.45) is 4.26. The van der Waals surface area contributed by atoms with Crippen molar-refractivity contribution in [3.63, 3.8) is 0 Å². The van der Waals surface area contributed by atoms with Crippen LogP contribution in [0.2, 0.25) is 0 Å². The summed E-state index contributed by atoms with van der Waals surface area (Å²) in [6, 6.07) is 13.8. The number of benzene rings is 2. The molecule has 5 nitrogen and oxygen atoms in total. The summed E-state index contributed by atoms with van der Waals surface area (Å²) in [5, 5.41) is 6.15. The molecule has 2 N–H and O–H groups in total. The van der Waals surface area contributed by atoms with Gasteiger partial charge in [0.1, 0.15) is 5.75 Å². The molecular weight excluding hydrogens is 350 g/mol. The quantitative estimate of drug-likeness (QED) is 0.770. The van der Waals surface area contributed by atoms with Gasteiger partial charge in [0.25, 0.3) is 5.91 Å². The van der Waals surface area contributed by atoms with Crippen LogP contribution < -0.4 is 15.4 Å². The fourth-order valence-corrected chi connectivity index (χ4v) is 4.00. The van der Waals surface area contributed by atoms with Gasteiger partial charge in [-0.3, -0.25) is 4.79 Å². The molecule has 2 aromatic rings. The van der Waals surface area contributed by atoms with Crippen molar-refractivity contribution < 1.29 is 9.53 Å². The molecule has 2 heterocycles. The van der Waals surface area contributed by atoms with Crippen LogP contribution in [-0.2, 0) is 4.79 Å². The lowest BCUT2D eigenvalue weighted by Crippen LogP contribution is -2.34. The largest absolute Gasteiger partial charge is 0.493 e. The van der Waals surface area contributed by atoms with E-state index in [1.807, 2.05) is 49.4 Å². The van der Waals surface area contributed by atoms with Crippen LogP contribution in [0.25, 0.3) is 5.57 Å². The third-order valence-corrected chi connectivity index (χ3v) is 5.48. The molecular formula is C23H27N3O2. The second kappa shape index (κ2) is 8.07. The maximum Gasteiger partial charge on any atom is 0.257 e. The zero-order valence-corrected chi connectivity index (χ0v) is 16.5. The van der Waals surface area contributed by atoms with Gasteiger partial charge in [0.15, 0.2) is 0 Å². The van der Waals surface area contributed by atoms with Crippen molar-refractivity contribution in [1.29, 1.82) is 0 Å². The highest BCUT2D eigenvalue weighted by molar-refractivity contribution is 6.32. The lowest BCUT2D eigenvalue weighted by Gasteiger charge is -2.29. The molecule has 1 saturated heterocycles. The molecule has 4 rings (SSSR count). The van der Waals surface area contributed by atoms with E-state index in [4.69, 9.17) is 4.74 Å². The first-order valence-electron chi connectivity index (χ1n) is 9.89. The molecule has 0 spiro atoms. The number of nitrogens with one attached hydrogen (secondary N) is 2. The van der Waals surface area contributed by atoms with Gasteiger partial charge in [-0.25, -0.2) is 0 Å². The van der Waals surface area contributed by atoms with Crippen molar-refractivity contribution in [2.75, 3.05) is 37.4 Å².